The van der Waals surface area contributed by atoms with Gasteiger partial charge < -0.3 is 10.5 Å². The Morgan fingerprint density at radius 1 is 1.13 bits per heavy atom. The molecule has 3 rings (SSSR count). The lowest BCUT2D eigenvalue weighted by atomic mass is 9.71. The van der Waals surface area contributed by atoms with Gasteiger partial charge in [0.05, 0.1) is 0 Å². The van der Waals surface area contributed by atoms with Gasteiger partial charge in [0.15, 0.2) is 0 Å². The average Bonchev–Trinajstić information content (AvgIpc) is 2.50. The SMILES string of the molecule is Cc1ccc(-c2ccc3c(c2)CCC(C)(C)C3OC(N)=O)cc1. The average molecular weight is 309 g/mol. The summed E-state index contributed by atoms with van der Waals surface area (Å²) in [5.41, 5.74) is 11.1. The van der Waals surface area contributed by atoms with Crippen molar-refractivity contribution in [3.05, 3.63) is 59.2 Å². The molecule has 0 radical (unpaired) electrons. The molecule has 2 aromatic rings. The molecule has 0 spiro atoms. The van der Waals surface area contributed by atoms with Crippen LogP contribution in [0, 0.1) is 12.3 Å². The number of amides is 1. The first-order valence-electron chi connectivity index (χ1n) is 8.03. The van der Waals surface area contributed by atoms with Gasteiger partial charge in [-0.15, -0.1) is 0 Å². The van der Waals surface area contributed by atoms with Crippen molar-refractivity contribution in [1.29, 1.82) is 0 Å². The van der Waals surface area contributed by atoms with Crippen LogP contribution in [0.25, 0.3) is 11.1 Å². The summed E-state index contributed by atoms with van der Waals surface area (Å²) in [6.07, 6.45) is 0.963. The van der Waals surface area contributed by atoms with Crippen LogP contribution in [0.4, 0.5) is 4.79 Å². The number of hydrogen-bond acceptors (Lipinski definition) is 2. The number of aryl methyl sites for hydroxylation is 2. The maximum atomic E-state index is 11.3. The molecule has 0 heterocycles. The zero-order valence-corrected chi connectivity index (χ0v) is 13.9. The molecule has 0 aromatic heterocycles. The Morgan fingerprint density at radius 3 is 2.43 bits per heavy atom. The van der Waals surface area contributed by atoms with Crippen LogP contribution < -0.4 is 5.73 Å². The van der Waals surface area contributed by atoms with Crippen molar-refractivity contribution in [2.75, 3.05) is 0 Å². The molecule has 0 aliphatic heterocycles. The molecular formula is C20H23NO2. The first kappa shape index (κ1) is 15.6. The van der Waals surface area contributed by atoms with E-state index in [0.717, 1.165) is 18.4 Å². The second-order valence-electron chi connectivity index (χ2n) is 7.09. The number of carbonyl (C=O) groups excluding carboxylic acids is 1. The van der Waals surface area contributed by atoms with E-state index in [0.29, 0.717) is 0 Å². The fourth-order valence-corrected chi connectivity index (χ4v) is 3.35. The van der Waals surface area contributed by atoms with E-state index in [2.05, 4.69) is 63.2 Å². The van der Waals surface area contributed by atoms with E-state index >= 15 is 0 Å². The van der Waals surface area contributed by atoms with Gasteiger partial charge in [0, 0.05) is 5.41 Å². The summed E-state index contributed by atoms with van der Waals surface area (Å²) in [5, 5.41) is 0. The normalized spacial score (nSPS) is 19.0. The smallest absolute Gasteiger partial charge is 0.405 e. The molecule has 0 saturated heterocycles. The molecular weight excluding hydrogens is 286 g/mol. The molecule has 3 heteroatoms. The number of fused-ring (bicyclic) bond motifs is 1. The van der Waals surface area contributed by atoms with Gasteiger partial charge in [-0.25, -0.2) is 4.79 Å². The van der Waals surface area contributed by atoms with Crippen molar-refractivity contribution in [1.82, 2.24) is 0 Å². The van der Waals surface area contributed by atoms with Gasteiger partial charge in [-0.2, -0.15) is 0 Å². The third kappa shape index (κ3) is 3.09. The summed E-state index contributed by atoms with van der Waals surface area (Å²) in [5.74, 6) is 0. The fourth-order valence-electron chi connectivity index (χ4n) is 3.35. The summed E-state index contributed by atoms with van der Waals surface area (Å²) >= 11 is 0. The van der Waals surface area contributed by atoms with Crippen LogP contribution in [0.1, 0.15) is 43.1 Å². The molecule has 0 saturated carbocycles. The van der Waals surface area contributed by atoms with Crippen LogP contribution in [0.15, 0.2) is 42.5 Å². The molecule has 3 nitrogen and oxygen atoms in total. The predicted molar refractivity (Wildman–Crippen MR) is 92.1 cm³/mol. The molecule has 1 unspecified atom stereocenters. The third-order valence-corrected chi connectivity index (χ3v) is 4.79. The summed E-state index contributed by atoms with van der Waals surface area (Å²) in [6.45, 7) is 6.33. The predicted octanol–water partition coefficient (Wildman–Crippen LogP) is 4.77. The number of nitrogens with two attached hydrogens (primary N) is 1. The first-order valence-corrected chi connectivity index (χ1v) is 8.03. The largest absolute Gasteiger partial charge is 0.441 e. The summed E-state index contributed by atoms with van der Waals surface area (Å²) < 4.78 is 5.43. The van der Waals surface area contributed by atoms with Gasteiger partial charge in [-0.3, -0.25) is 0 Å². The highest BCUT2D eigenvalue weighted by Crippen LogP contribution is 2.46. The minimum Gasteiger partial charge on any atom is -0.441 e. The highest BCUT2D eigenvalue weighted by molar-refractivity contribution is 5.67. The van der Waals surface area contributed by atoms with Crippen LogP contribution in [0.3, 0.4) is 0 Å². The van der Waals surface area contributed by atoms with E-state index in [1.807, 2.05) is 0 Å². The van der Waals surface area contributed by atoms with Gasteiger partial charge in [0.1, 0.15) is 6.10 Å². The maximum Gasteiger partial charge on any atom is 0.405 e. The zero-order valence-electron chi connectivity index (χ0n) is 13.9. The Labute approximate surface area is 137 Å². The molecule has 1 amide bonds. The van der Waals surface area contributed by atoms with Crippen molar-refractivity contribution in [2.45, 2.75) is 39.7 Å². The third-order valence-electron chi connectivity index (χ3n) is 4.79. The Balaban J connectivity index is 2.00. The van der Waals surface area contributed by atoms with E-state index in [1.165, 1.54) is 22.3 Å². The number of rotatable bonds is 2. The minimum atomic E-state index is -0.710. The Hall–Kier alpha value is -2.29. The minimum absolute atomic E-state index is 0.104. The van der Waals surface area contributed by atoms with E-state index in [1.54, 1.807) is 0 Å². The molecule has 1 atom stereocenters. The first-order chi connectivity index (χ1) is 10.9. The Morgan fingerprint density at radius 2 is 1.78 bits per heavy atom. The number of hydrogen-bond donors (Lipinski definition) is 1. The molecule has 0 fully saturated rings. The standard InChI is InChI=1S/C20H23NO2/c1-13-4-6-14(7-5-13)15-8-9-17-16(12-15)10-11-20(2,3)18(17)23-19(21)22/h4-9,12,18H,10-11H2,1-3H3,(H2,21,22). The molecule has 1 aliphatic rings. The summed E-state index contributed by atoms with van der Waals surface area (Å²) in [6, 6.07) is 14.9. The number of ether oxygens (including phenoxy) is 1. The topological polar surface area (TPSA) is 52.3 Å². The van der Waals surface area contributed by atoms with Crippen LogP contribution in [-0.2, 0) is 11.2 Å². The van der Waals surface area contributed by atoms with E-state index in [-0.39, 0.29) is 11.5 Å². The van der Waals surface area contributed by atoms with Crippen LogP contribution in [-0.4, -0.2) is 6.09 Å². The maximum absolute atomic E-state index is 11.3. The zero-order chi connectivity index (χ0) is 16.6. The summed E-state index contributed by atoms with van der Waals surface area (Å²) in [7, 11) is 0. The highest BCUT2D eigenvalue weighted by Gasteiger charge is 2.38. The molecule has 120 valence electrons. The van der Waals surface area contributed by atoms with Gasteiger partial charge in [0.25, 0.3) is 0 Å². The highest BCUT2D eigenvalue weighted by atomic mass is 16.6. The second-order valence-corrected chi connectivity index (χ2v) is 7.09. The lowest BCUT2D eigenvalue weighted by Crippen LogP contribution is -2.33. The monoisotopic (exact) mass is 309 g/mol. The Kier molecular flexibility index (Phi) is 3.88. The molecule has 0 bridgehead atoms. The van der Waals surface area contributed by atoms with Gasteiger partial charge in [-0.1, -0.05) is 61.9 Å². The molecule has 23 heavy (non-hydrogen) atoms. The van der Waals surface area contributed by atoms with Gasteiger partial charge in [0.2, 0.25) is 0 Å². The van der Waals surface area contributed by atoms with E-state index in [4.69, 9.17) is 10.5 Å². The Bertz CT molecular complexity index is 732. The lowest BCUT2D eigenvalue weighted by Gasteiger charge is -2.39. The van der Waals surface area contributed by atoms with Crippen molar-refractivity contribution in [3.8, 4) is 11.1 Å². The van der Waals surface area contributed by atoms with E-state index < -0.39 is 6.09 Å². The molecule has 2 aromatic carbocycles. The van der Waals surface area contributed by atoms with Crippen LogP contribution in [0.5, 0.6) is 0 Å². The molecule has 1 aliphatic carbocycles. The fraction of sp³-hybridized carbons (Fsp3) is 0.350. The van der Waals surface area contributed by atoms with Gasteiger partial charge in [-0.05, 0) is 42.0 Å². The molecule has 2 N–H and O–H groups in total. The summed E-state index contributed by atoms with van der Waals surface area (Å²) in [4.78, 5) is 11.3. The number of benzene rings is 2. The van der Waals surface area contributed by atoms with Crippen LogP contribution >= 0.6 is 0 Å². The van der Waals surface area contributed by atoms with E-state index in [9.17, 15) is 4.79 Å². The van der Waals surface area contributed by atoms with Crippen LogP contribution in [0.2, 0.25) is 0 Å². The van der Waals surface area contributed by atoms with Crippen molar-refractivity contribution >= 4 is 6.09 Å². The quantitative estimate of drug-likeness (QED) is 0.868. The second kappa shape index (κ2) is 5.73. The van der Waals surface area contributed by atoms with Gasteiger partial charge >= 0.3 is 6.09 Å². The van der Waals surface area contributed by atoms with Crippen molar-refractivity contribution in [3.63, 3.8) is 0 Å². The van der Waals surface area contributed by atoms with Crippen molar-refractivity contribution < 1.29 is 9.53 Å². The number of primary amides is 1. The van der Waals surface area contributed by atoms with Crippen molar-refractivity contribution in [2.24, 2.45) is 11.1 Å². The number of carbonyl (C=O) groups is 1. The lowest BCUT2D eigenvalue weighted by molar-refractivity contribution is 0.0147.